The summed E-state index contributed by atoms with van der Waals surface area (Å²) in [6.45, 7) is 0.0754. The van der Waals surface area contributed by atoms with Crippen molar-refractivity contribution in [3.05, 3.63) is 0 Å². The first-order chi connectivity index (χ1) is 17.6. The topological polar surface area (TPSA) is 338 Å². The van der Waals surface area contributed by atoms with Gasteiger partial charge in [-0.15, -0.1) is 0 Å². The lowest BCUT2D eigenvalue weighted by Crippen LogP contribution is -2.57. The van der Waals surface area contributed by atoms with Crippen LogP contribution in [0.25, 0.3) is 0 Å². The Kier molecular flexibility index (Phi) is 15.0. The smallest absolute Gasteiger partial charge is 0.326 e. The number of nitrogens with one attached hydrogen (secondary N) is 3. The molecule has 0 heterocycles. The van der Waals surface area contributed by atoms with Crippen molar-refractivity contribution in [1.82, 2.24) is 16.0 Å². The van der Waals surface area contributed by atoms with E-state index < -0.39 is 84.9 Å². The van der Waals surface area contributed by atoms with Crippen LogP contribution < -0.4 is 44.6 Å². The van der Waals surface area contributed by atoms with Crippen molar-refractivity contribution in [2.24, 2.45) is 33.7 Å². The first-order valence-corrected chi connectivity index (χ1v) is 11.4. The number of carbonyl (C=O) groups excluding carboxylic acids is 5. The van der Waals surface area contributed by atoms with E-state index in [9.17, 15) is 38.7 Å². The Morgan fingerprint density at radius 3 is 1.68 bits per heavy atom. The number of aliphatic carboxylic acids is 2. The third-order valence-corrected chi connectivity index (χ3v) is 4.92. The van der Waals surface area contributed by atoms with E-state index >= 15 is 0 Å². The van der Waals surface area contributed by atoms with Crippen LogP contribution in [0, 0.1) is 0 Å². The van der Waals surface area contributed by atoms with E-state index in [4.69, 9.17) is 33.8 Å². The largest absolute Gasteiger partial charge is 0.481 e. The molecule has 0 fully saturated rings. The molecule has 0 aromatic carbocycles. The van der Waals surface area contributed by atoms with Crippen molar-refractivity contribution >= 4 is 47.4 Å². The van der Waals surface area contributed by atoms with E-state index in [-0.39, 0.29) is 38.2 Å². The molecule has 5 amide bonds. The van der Waals surface area contributed by atoms with Gasteiger partial charge in [0.15, 0.2) is 5.96 Å². The molecule has 0 aliphatic heterocycles. The van der Waals surface area contributed by atoms with E-state index in [0.29, 0.717) is 0 Å². The number of carbonyl (C=O) groups is 7. The Morgan fingerprint density at radius 2 is 1.21 bits per heavy atom. The van der Waals surface area contributed by atoms with Gasteiger partial charge < -0.3 is 54.8 Å². The molecule has 4 atom stereocenters. The highest BCUT2D eigenvalue weighted by molar-refractivity contribution is 5.95. The predicted molar refractivity (Wildman–Crippen MR) is 130 cm³/mol. The van der Waals surface area contributed by atoms with Gasteiger partial charge in [-0.2, -0.15) is 0 Å². The van der Waals surface area contributed by atoms with Crippen molar-refractivity contribution in [3.63, 3.8) is 0 Å². The number of nitrogens with two attached hydrogens (primary N) is 5. The quantitative estimate of drug-likeness (QED) is 0.0414. The molecule has 15 N–H and O–H groups in total. The normalized spacial score (nSPS) is 13.6. The van der Waals surface area contributed by atoms with Crippen molar-refractivity contribution in [2.45, 2.75) is 69.1 Å². The van der Waals surface area contributed by atoms with Gasteiger partial charge in [-0.05, 0) is 25.7 Å². The minimum absolute atomic E-state index is 0.0520. The van der Waals surface area contributed by atoms with Crippen LogP contribution in [0.5, 0.6) is 0 Å². The molecule has 214 valence electrons. The number of guanidine groups is 1. The lowest BCUT2D eigenvalue weighted by Gasteiger charge is -2.25. The second-order valence-corrected chi connectivity index (χ2v) is 8.18. The van der Waals surface area contributed by atoms with Gasteiger partial charge in [0, 0.05) is 19.4 Å². The Hall–Kier alpha value is -4.48. The highest BCUT2D eigenvalue weighted by Crippen LogP contribution is 2.06. The predicted octanol–water partition coefficient (Wildman–Crippen LogP) is -5.09. The summed E-state index contributed by atoms with van der Waals surface area (Å²) < 4.78 is 0. The molecule has 0 rings (SSSR count). The Balaban J connectivity index is 5.71. The first-order valence-electron chi connectivity index (χ1n) is 11.4. The molecule has 0 aromatic heterocycles. The maximum absolute atomic E-state index is 13.0. The maximum atomic E-state index is 13.0. The van der Waals surface area contributed by atoms with Gasteiger partial charge in [0.25, 0.3) is 0 Å². The number of nitrogens with zero attached hydrogens (tertiary/aromatic N) is 1. The average molecular weight is 546 g/mol. The summed E-state index contributed by atoms with van der Waals surface area (Å²) in [5.41, 5.74) is 26.3. The summed E-state index contributed by atoms with van der Waals surface area (Å²) in [4.78, 5) is 86.4. The van der Waals surface area contributed by atoms with Crippen LogP contribution in [0.2, 0.25) is 0 Å². The maximum Gasteiger partial charge on any atom is 0.326 e. The number of amides is 5. The van der Waals surface area contributed by atoms with Gasteiger partial charge in [0.05, 0.1) is 12.5 Å². The number of rotatable bonds is 19. The molecule has 0 aliphatic rings. The van der Waals surface area contributed by atoms with Crippen LogP contribution in [0.4, 0.5) is 0 Å². The van der Waals surface area contributed by atoms with Crippen molar-refractivity contribution < 1.29 is 43.8 Å². The van der Waals surface area contributed by atoms with E-state index in [1.807, 2.05) is 5.32 Å². The molecule has 4 unspecified atom stereocenters. The summed E-state index contributed by atoms with van der Waals surface area (Å²) in [7, 11) is 0. The van der Waals surface area contributed by atoms with Crippen LogP contribution in [0.15, 0.2) is 4.99 Å². The zero-order valence-corrected chi connectivity index (χ0v) is 20.6. The fraction of sp³-hybridized carbons (Fsp3) is 0.600. The fourth-order valence-electron chi connectivity index (χ4n) is 2.96. The van der Waals surface area contributed by atoms with Crippen LogP contribution in [-0.2, 0) is 33.6 Å². The molecule has 0 aromatic rings. The van der Waals surface area contributed by atoms with Gasteiger partial charge in [0.1, 0.15) is 18.1 Å². The fourth-order valence-corrected chi connectivity index (χ4v) is 2.96. The summed E-state index contributed by atoms with van der Waals surface area (Å²) in [6.07, 6.45) is -1.98. The molecule has 0 radical (unpaired) electrons. The SMILES string of the molecule is NC(=O)CCC(N)C(=O)NC(CCCN=C(N)N)C(=O)NC(CCC(=O)O)C(=O)NC(CC(N)=O)C(=O)O. The summed E-state index contributed by atoms with van der Waals surface area (Å²) in [5.74, 6) is -7.68. The summed E-state index contributed by atoms with van der Waals surface area (Å²) in [5, 5.41) is 24.9. The summed E-state index contributed by atoms with van der Waals surface area (Å²) in [6, 6.07) is -5.80. The van der Waals surface area contributed by atoms with Gasteiger partial charge in [-0.25, -0.2) is 4.79 Å². The minimum atomic E-state index is -1.73. The van der Waals surface area contributed by atoms with Crippen LogP contribution >= 0.6 is 0 Å². The Bertz CT molecular complexity index is 922. The van der Waals surface area contributed by atoms with Gasteiger partial charge in [-0.1, -0.05) is 0 Å². The zero-order valence-electron chi connectivity index (χ0n) is 20.6. The zero-order chi connectivity index (χ0) is 29.4. The van der Waals surface area contributed by atoms with E-state index in [1.54, 1.807) is 0 Å². The standard InChI is InChI=1S/C20H35N9O9/c21-9(3-5-13(22)30)16(34)27-10(2-1-7-26-20(24)25)17(35)28-11(4-6-15(32)33)18(36)29-12(19(37)38)8-14(23)31/h9-12H,1-8,21H2,(H2,22,30)(H2,23,31)(H,27,34)(H,28,35)(H,29,36)(H,32,33)(H,37,38)(H4,24,25,26). The number of hydrogen-bond donors (Lipinski definition) is 10. The van der Waals surface area contributed by atoms with Gasteiger partial charge in [-0.3, -0.25) is 33.8 Å². The Labute approximate surface area is 217 Å². The molecule has 0 bridgehead atoms. The molecular weight excluding hydrogens is 510 g/mol. The highest BCUT2D eigenvalue weighted by atomic mass is 16.4. The monoisotopic (exact) mass is 545 g/mol. The lowest BCUT2D eigenvalue weighted by molar-refractivity contribution is -0.144. The molecule has 0 saturated heterocycles. The molecule has 38 heavy (non-hydrogen) atoms. The van der Waals surface area contributed by atoms with Gasteiger partial charge in [0.2, 0.25) is 29.5 Å². The second-order valence-electron chi connectivity index (χ2n) is 8.18. The molecular formula is C20H35N9O9. The second kappa shape index (κ2) is 17.1. The van der Waals surface area contributed by atoms with Crippen molar-refractivity contribution in [3.8, 4) is 0 Å². The number of primary amides is 2. The molecule has 18 nitrogen and oxygen atoms in total. The van der Waals surface area contributed by atoms with Crippen molar-refractivity contribution in [2.75, 3.05) is 6.54 Å². The third-order valence-electron chi connectivity index (χ3n) is 4.92. The van der Waals surface area contributed by atoms with E-state index in [1.165, 1.54) is 0 Å². The van der Waals surface area contributed by atoms with Crippen LogP contribution in [-0.4, -0.2) is 88.4 Å². The number of carboxylic acid groups (broad SMARTS) is 2. The Morgan fingerprint density at radius 1 is 0.684 bits per heavy atom. The highest BCUT2D eigenvalue weighted by Gasteiger charge is 2.31. The van der Waals surface area contributed by atoms with Gasteiger partial charge >= 0.3 is 11.9 Å². The third kappa shape index (κ3) is 14.8. The lowest BCUT2D eigenvalue weighted by atomic mass is 10.1. The van der Waals surface area contributed by atoms with E-state index in [0.717, 1.165) is 0 Å². The van der Waals surface area contributed by atoms with E-state index in [2.05, 4.69) is 15.6 Å². The minimum Gasteiger partial charge on any atom is -0.481 e. The number of aliphatic imine (C=N–C) groups is 1. The number of hydrogen-bond acceptors (Lipinski definition) is 9. The van der Waals surface area contributed by atoms with Crippen LogP contribution in [0.3, 0.4) is 0 Å². The molecule has 0 spiro atoms. The van der Waals surface area contributed by atoms with Crippen molar-refractivity contribution in [1.29, 1.82) is 0 Å². The molecule has 0 saturated carbocycles. The number of carboxylic acids is 2. The summed E-state index contributed by atoms with van der Waals surface area (Å²) >= 11 is 0. The first kappa shape index (κ1) is 33.5. The van der Waals surface area contributed by atoms with Crippen LogP contribution in [0.1, 0.15) is 44.9 Å². The molecule has 0 aliphatic carbocycles. The molecule has 18 heteroatoms. The average Bonchev–Trinajstić information content (AvgIpc) is 2.80.